The second-order valence-corrected chi connectivity index (χ2v) is 8.52. The van der Waals surface area contributed by atoms with Crippen molar-refractivity contribution >= 4 is 39.7 Å². The van der Waals surface area contributed by atoms with E-state index in [2.05, 4.69) is 10.3 Å². The van der Waals surface area contributed by atoms with Crippen LogP contribution in [0.3, 0.4) is 0 Å². The van der Waals surface area contributed by atoms with Crippen LogP contribution < -0.4 is 16.0 Å². The van der Waals surface area contributed by atoms with Crippen LogP contribution >= 0.6 is 11.3 Å². The average Bonchev–Trinajstić information content (AvgIpc) is 3.19. The molecule has 0 saturated carbocycles. The quantitative estimate of drug-likeness (QED) is 0.598. The number of nitrogen functional groups attached to an aromatic ring is 1. The fourth-order valence-corrected chi connectivity index (χ4v) is 4.76. The summed E-state index contributed by atoms with van der Waals surface area (Å²) in [5.74, 6) is -0.587. The van der Waals surface area contributed by atoms with Gasteiger partial charge in [0.1, 0.15) is 0 Å². The number of carbonyl (C=O) groups is 2. The van der Waals surface area contributed by atoms with Crippen molar-refractivity contribution in [3.05, 3.63) is 59.0 Å². The van der Waals surface area contributed by atoms with Crippen molar-refractivity contribution in [2.24, 2.45) is 0 Å². The van der Waals surface area contributed by atoms with Gasteiger partial charge in [0, 0.05) is 29.8 Å². The van der Waals surface area contributed by atoms with E-state index in [1.165, 1.54) is 6.92 Å². The van der Waals surface area contributed by atoms with Crippen LogP contribution in [-0.4, -0.2) is 27.9 Å². The lowest BCUT2D eigenvalue weighted by Crippen LogP contribution is -2.43. The fourth-order valence-electron chi connectivity index (χ4n) is 3.81. The highest BCUT2D eigenvalue weighted by molar-refractivity contribution is 7.16. The van der Waals surface area contributed by atoms with Gasteiger partial charge in [0.2, 0.25) is 11.5 Å². The van der Waals surface area contributed by atoms with Crippen molar-refractivity contribution in [2.75, 3.05) is 16.0 Å². The maximum Gasteiger partial charge on any atom is 0.269 e. The summed E-state index contributed by atoms with van der Waals surface area (Å²) in [5.41, 5.74) is 7.11. The van der Waals surface area contributed by atoms with Gasteiger partial charge in [-0.05, 0) is 32.0 Å². The maximum atomic E-state index is 13.5. The van der Waals surface area contributed by atoms with Crippen molar-refractivity contribution in [3.8, 4) is 11.3 Å². The number of nitrogens with zero attached hydrogens (tertiary/aromatic N) is 2. The molecule has 2 heterocycles. The van der Waals surface area contributed by atoms with Gasteiger partial charge >= 0.3 is 0 Å². The summed E-state index contributed by atoms with van der Waals surface area (Å²) in [5, 5.41) is 14.8. The van der Waals surface area contributed by atoms with Gasteiger partial charge in [-0.2, -0.15) is 0 Å². The minimum atomic E-state index is -1.87. The number of anilines is 3. The average molecular weight is 423 g/mol. The van der Waals surface area contributed by atoms with Crippen LogP contribution in [0.1, 0.15) is 31.2 Å². The van der Waals surface area contributed by atoms with Crippen LogP contribution in [0.25, 0.3) is 11.3 Å². The molecule has 0 radical (unpaired) electrons. The maximum absolute atomic E-state index is 13.5. The number of para-hydroxylation sites is 1. The van der Waals surface area contributed by atoms with Crippen LogP contribution in [0.4, 0.5) is 16.5 Å². The van der Waals surface area contributed by atoms with Crippen molar-refractivity contribution in [3.63, 3.8) is 0 Å². The summed E-state index contributed by atoms with van der Waals surface area (Å²) in [4.78, 5) is 31.1. The van der Waals surface area contributed by atoms with E-state index >= 15 is 0 Å². The van der Waals surface area contributed by atoms with Gasteiger partial charge in [0.05, 0.1) is 16.3 Å². The van der Waals surface area contributed by atoms with Crippen LogP contribution in [0.15, 0.2) is 48.5 Å². The number of benzene rings is 2. The second kappa shape index (κ2) is 7.23. The molecule has 4 N–H and O–H groups in total. The number of aromatic nitrogens is 1. The molecule has 1 aliphatic rings. The number of hydrogen-bond acceptors (Lipinski definition) is 6. The topological polar surface area (TPSA) is 109 Å². The smallest absolute Gasteiger partial charge is 0.269 e. The Kier molecular flexibility index (Phi) is 4.83. The molecule has 3 aromatic rings. The van der Waals surface area contributed by atoms with Crippen molar-refractivity contribution in [1.29, 1.82) is 0 Å². The summed E-state index contributed by atoms with van der Waals surface area (Å²) < 4.78 is 0. The van der Waals surface area contributed by atoms with Gasteiger partial charge in [-0.3, -0.25) is 9.59 Å². The minimum absolute atomic E-state index is 0.127. The molecular formula is C22H22N4O3S. The molecule has 0 unspecified atom stereocenters. The van der Waals surface area contributed by atoms with E-state index in [9.17, 15) is 14.7 Å². The number of carbonyl (C=O) groups excluding carboxylic acids is 2. The number of rotatable bonds is 4. The third-order valence-corrected chi connectivity index (χ3v) is 6.04. The van der Waals surface area contributed by atoms with E-state index in [1.54, 1.807) is 41.3 Å². The molecule has 0 bridgehead atoms. The third kappa shape index (κ3) is 3.05. The van der Waals surface area contributed by atoms with Gasteiger partial charge < -0.3 is 21.1 Å². The summed E-state index contributed by atoms with van der Waals surface area (Å²) in [6, 6.07) is 14.1. The van der Waals surface area contributed by atoms with Crippen LogP contribution in [0, 0.1) is 0 Å². The number of nitrogens with two attached hydrogens (primary N) is 1. The van der Waals surface area contributed by atoms with Crippen molar-refractivity contribution < 1.29 is 14.7 Å². The minimum Gasteiger partial charge on any atom is -0.375 e. The number of hydrogen-bond donors (Lipinski definition) is 3. The molecule has 0 spiro atoms. The van der Waals surface area contributed by atoms with E-state index in [0.717, 1.165) is 11.3 Å². The van der Waals surface area contributed by atoms with Crippen molar-refractivity contribution in [1.82, 2.24) is 4.98 Å². The predicted molar refractivity (Wildman–Crippen MR) is 118 cm³/mol. The molecule has 1 atom stereocenters. The zero-order valence-corrected chi connectivity index (χ0v) is 17.7. The SMILES string of the molecule is CC(=O)Nc1ccc(-c2nc(N)sc2[C@@]2(O)C(=O)N(C(C)C)c3ccccc32)cc1. The first-order chi connectivity index (χ1) is 14.2. The van der Waals surface area contributed by atoms with E-state index in [4.69, 9.17) is 5.73 Å². The van der Waals surface area contributed by atoms with Gasteiger partial charge in [-0.25, -0.2) is 4.98 Å². The first-order valence-electron chi connectivity index (χ1n) is 9.53. The normalized spacial score (nSPS) is 18.0. The molecule has 154 valence electrons. The Hall–Kier alpha value is -3.23. The van der Waals surface area contributed by atoms with Gasteiger partial charge in [-0.1, -0.05) is 41.7 Å². The molecule has 7 nitrogen and oxygen atoms in total. The lowest BCUT2D eigenvalue weighted by Gasteiger charge is -2.25. The Labute approximate surface area is 178 Å². The molecule has 0 aliphatic carbocycles. The Morgan fingerprint density at radius 3 is 2.50 bits per heavy atom. The number of amides is 2. The number of nitrogens with one attached hydrogen (secondary N) is 1. The van der Waals surface area contributed by atoms with E-state index in [-0.39, 0.29) is 17.1 Å². The van der Waals surface area contributed by atoms with Crippen LogP contribution in [0.5, 0.6) is 0 Å². The highest BCUT2D eigenvalue weighted by atomic mass is 32.1. The molecular weight excluding hydrogens is 400 g/mol. The zero-order valence-electron chi connectivity index (χ0n) is 16.8. The van der Waals surface area contributed by atoms with E-state index in [0.29, 0.717) is 33.1 Å². The Balaban J connectivity index is 1.86. The molecule has 0 saturated heterocycles. The Bertz CT molecular complexity index is 1140. The number of thiazole rings is 1. The molecule has 1 aromatic heterocycles. The van der Waals surface area contributed by atoms with Gasteiger partial charge in [-0.15, -0.1) is 0 Å². The zero-order chi connectivity index (χ0) is 21.6. The highest BCUT2D eigenvalue weighted by Gasteiger charge is 2.54. The predicted octanol–water partition coefficient (Wildman–Crippen LogP) is 3.34. The van der Waals surface area contributed by atoms with Gasteiger partial charge in [0.25, 0.3) is 5.91 Å². The number of aliphatic hydroxyl groups is 1. The largest absolute Gasteiger partial charge is 0.375 e. The van der Waals surface area contributed by atoms with Crippen LogP contribution in [-0.2, 0) is 15.2 Å². The standard InChI is InChI=1S/C22H22N4O3S/c1-12(2)26-17-7-5-4-6-16(17)22(29,20(26)28)19-18(25-21(23)30-19)14-8-10-15(11-9-14)24-13(3)27/h4-12,29H,1-3H3,(H2,23,25)(H,24,27)/t22-/m1/s1. The summed E-state index contributed by atoms with van der Waals surface area (Å²) in [6.07, 6.45) is 0. The molecule has 2 amide bonds. The highest BCUT2D eigenvalue weighted by Crippen LogP contribution is 2.50. The van der Waals surface area contributed by atoms with Crippen molar-refractivity contribution in [2.45, 2.75) is 32.4 Å². The molecule has 2 aromatic carbocycles. The number of fused-ring (bicyclic) bond motifs is 1. The Morgan fingerprint density at radius 2 is 1.87 bits per heavy atom. The van der Waals surface area contributed by atoms with E-state index < -0.39 is 11.5 Å². The van der Waals surface area contributed by atoms with E-state index in [1.807, 2.05) is 26.0 Å². The lowest BCUT2D eigenvalue weighted by atomic mass is 9.91. The van der Waals surface area contributed by atoms with Crippen LogP contribution in [0.2, 0.25) is 0 Å². The second-order valence-electron chi connectivity index (χ2n) is 7.48. The third-order valence-electron chi connectivity index (χ3n) is 5.05. The molecule has 0 fully saturated rings. The lowest BCUT2D eigenvalue weighted by molar-refractivity contribution is -0.132. The Morgan fingerprint density at radius 1 is 1.20 bits per heavy atom. The first-order valence-corrected chi connectivity index (χ1v) is 10.4. The fraction of sp³-hybridized carbons (Fsp3) is 0.227. The molecule has 1 aliphatic heterocycles. The van der Waals surface area contributed by atoms with Gasteiger partial charge in [0.15, 0.2) is 5.13 Å². The summed E-state index contributed by atoms with van der Waals surface area (Å²) >= 11 is 1.10. The molecule has 30 heavy (non-hydrogen) atoms. The molecule has 4 rings (SSSR count). The summed E-state index contributed by atoms with van der Waals surface area (Å²) in [7, 11) is 0. The molecule has 8 heteroatoms. The monoisotopic (exact) mass is 422 g/mol. The first kappa shape index (κ1) is 20.1. The summed E-state index contributed by atoms with van der Waals surface area (Å²) in [6.45, 7) is 5.25.